The summed E-state index contributed by atoms with van der Waals surface area (Å²) < 4.78 is 5.40. The number of hydrogen-bond donors (Lipinski definition) is 1. The summed E-state index contributed by atoms with van der Waals surface area (Å²) in [5.74, 6) is 0.201. The molecule has 116 valence electrons. The predicted octanol–water partition coefficient (Wildman–Crippen LogP) is 4.48. The summed E-state index contributed by atoms with van der Waals surface area (Å²) in [5.41, 5.74) is 1.07. The Balaban J connectivity index is 1.58. The molecule has 0 saturated heterocycles. The number of halogens is 1. The third kappa shape index (κ3) is 4.09. The molecule has 0 spiro atoms. The maximum atomic E-state index is 11.9. The minimum atomic E-state index is -0.279. The zero-order chi connectivity index (χ0) is 16.1. The number of carbonyl (C=O) groups is 1. The Morgan fingerprint density at radius 3 is 2.65 bits per heavy atom. The molecule has 0 atom stereocenters. The fourth-order valence-corrected chi connectivity index (χ4v) is 2.96. The summed E-state index contributed by atoms with van der Waals surface area (Å²) in [7, 11) is 0. The molecule has 0 aliphatic carbocycles. The highest BCUT2D eigenvalue weighted by Crippen LogP contribution is 2.28. The molecule has 0 aliphatic rings. The number of benzene rings is 2. The fraction of sp³-hybridized carbons (Fsp3) is 0.0588. The van der Waals surface area contributed by atoms with Gasteiger partial charge in [-0.1, -0.05) is 65.4 Å². The summed E-state index contributed by atoms with van der Waals surface area (Å²) in [5, 5.41) is 3.73. The van der Waals surface area contributed by atoms with E-state index >= 15 is 0 Å². The molecule has 1 N–H and O–H groups in total. The molecule has 0 saturated carbocycles. The van der Waals surface area contributed by atoms with Crippen LogP contribution in [0.4, 0.5) is 5.13 Å². The number of ether oxygens (including phenoxy) is 1. The van der Waals surface area contributed by atoms with Crippen molar-refractivity contribution in [1.82, 2.24) is 4.98 Å². The topological polar surface area (TPSA) is 51.2 Å². The fourth-order valence-electron chi connectivity index (χ4n) is 1.93. The normalized spacial score (nSPS) is 10.3. The number of thiazole rings is 1. The number of amides is 1. The smallest absolute Gasteiger partial charge is 0.264 e. The van der Waals surface area contributed by atoms with E-state index < -0.39 is 0 Å². The molecular formula is C17H13ClN2O2S. The Morgan fingerprint density at radius 1 is 1.13 bits per heavy atom. The zero-order valence-corrected chi connectivity index (χ0v) is 13.6. The van der Waals surface area contributed by atoms with Gasteiger partial charge >= 0.3 is 0 Å². The SMILES string of the molecule is O=C(COc1ccccc1Cl)Nc1ncc(-c2ccccc2)s1. The first-order chi connectivity index (χ1) is 11.2. The molecule has 0 fully saturated rings. The van der Waals surface area contributed by atoms with Crippen molar-refractivity contribution in [2.45, 2.75) is 0 Å². The summed E-state index contributed by atoms with van der Waals surface area (Å²) >= 11 is 7.39. The lowest BCUT2D eigenvalue weighted by molar-refractivity contribution is -0.118. The van der Waals surface area contributed by atoms with Crippen LogP contribution in [0.25, 0.3) is 10.4 Å². The van der Waals surface area contributed by atoms with Crippen molar-refractivity contribution in [3.8, 4) is 16.2 Å². The Morgan fingerprint density at radius 2 is 1.87 bits per heavy atom. The second kappa shape index (κ2) is 7.26. The van der Waals surface area contributed by atoms with Crippen molar-refractivity contribution < 1.29 is 9.53 Å². The molecule has 2 aromatic carbocycles. The minimum absolute atomic E-state index is 0.121. The van der Waals surface area contributed by atoms with Gasteiger partial charge in [-0.15, -0.1) is 0 Å². The Labute approximate surface area is 142 Å². The molecule has 1 amide bonds. The van der Waals surface area contributed by atoms with Crippen LogP contribution >= 0.6 is 22.9 Å². The van der Waals surface area contributed by atoms with Gasteiger partial charge in [0.15, 0.2) is 11.7 Å². The first kappa shape index (κ1) is 15.5. The summed E-state index contributed by atoms with van der Waals surface area (Å²) in [6.45, 7) is -0.121. The van der Waals surface area contributed by atoms with E-state index in [-0.39, 0.29) is 12.5 Å². The molecule has 0 bridgehead atoms. The standard InChI is InChI=1S/C17H13ClN2O2S/c18-13-8-4-5-9-14(13)22-11-16(21)20-17-19-10-15(23-17)12-6-2-1-3-7-12/h1-10H,11H2,(H,19,20,21). The number of nitrogens with zero attached hydrogens (tertiary/aromatic N) is 1. The van der Waals surface area contributed by atoms with E-state index in [1.165, 1.54) is 11.3 Å². The van der Waals surface area contributed by atoms with Gasteiger partial charge in [-0.3, -0.25) is 10.1 Å². The zero-order valence-electron chi connectivity index (χ0n) is 12.0. The molecule has 1 heterocycles. The summed E-state index contributed by atoms with van der Waals surface area (Å²) in [4.78, 5) is 17.1. The van der Waals surface area contributed by atoms with Crippen molar-refractivity contribution >= 4 is 34.0 Å². The van der Waals surface area contributed by atoms with Gasteiger partial charge in [0, 0.05) is 6.20 Å². The van der Waals surface area contributed by atoms with Crippen molar-refractivity contribution in [1.29, 1.82) is 0 Å². The van der Waals surface area contributed by atoms with Crippen LogP contribution in [0.3, 0.4) is 0 Å². The molecule has 3 rings (SSSR count). The molecule has 4 nitrogen and oxygen atoms in total. The van der Waals surface area contributed by atoms with Crippen molar-refractivity contribution in [2.75, 3.05) is 11.9 Å². The number of aromatic nitrogens is 1. The highest BCUT2D eigenvalue weighted by Gasteiger charge is 2.09. The molecule has 0 radical (unpaired) electrons. The van der Waals surface area contributed by atoms with Gasteiger partial charge in [-0.25, -0.2) is 4.98 Å². The van der Waals surface area contributed by atoms with Crippen molar-refractivity contribution in [3.05, 3.63) is 65.8 Å². The second-order valence-corrected chi connectivity index (χ2v) is 6.10. The molecular weight excluding hydrogens is 332 g/mol. The van der Waals surface area contributed by atoms with E-state index in [4.69, 9.17) is 16.3 Å². The molecule has 3 aromatic rings. The number of anilines is 1. The van der Waals surface area contributed by atoms with Crippen LogP contribution in [0, 0.1) is 0 Å². The van der Waals surface area contributed by atoms with Gasteiger partial charge in [0.05, 0.1) is 9.90 Å². The third-order valence-corrected chi connectivity index (χ3v) is 4.28. The van der Waals surface area contributed by atoms with Gasteiger partial charge < -0.3 is 4.74 Å². The van der Waals surface area contributed by atoms with Gasteiger partial charge in [0.1, 0.15) is 5.75 Å². The van der Waals surface area contributed by atoms with E-state index in [0.29, 0.717) is 15.9 Å². The summed E-state index contributed by atoms with van der Waals surface area (Å²) in [6, 6.07) is 16.9. The van der Waals surface area contributed by atoms with Crippen LogP contribution in [0.2, 0.25) is 5.02 Å². The van der Waals surface area contributed by atoms with Crippen LogP contribution in [-0.4, -0.2) is 17.5 Å². The molecule has 23 heavy (non-hydrogen) atoms. The molecule has 1 aromatic heterocycles. The Bertz CT molecular complexity index is 805. The minimum Gasteiger partial charge on any atom is -0.482 e. The van der Waals surface area contributed by atoms with Crippen LogP contribution in [0.1, 0.15) is 0 Å². The number of para-hydroxylation sites is 1. The van der Waals surface area contributed by atoms with Crippen LogP contribution in [-0.2, 0) is 4.79 Å². The highest BCUT2D eigenvalue weighted by atomic mass is 35.5. The maximum absolute atomic E-state index is 11.9. The lowest BCUT2D eigenvalue weighted by Crippen LogP contribution is -2.20. The Kier molecular flexibility index (Phi) is 4.90. The van der Waals surface area contributed by atoms with E-state index in [1.54, 1.807) is 30.5 Å². The van der Waals surface area contributed by atoms with Crippen molar-refractivity contribution in [2.24, 2.45) is 0 Å². The summed E-state index contributed by atoms with van der Waals surface area (Å²) in [6.07, 6.45) is 1.74. The number of carbonyl (C=O) groups excluding carboxylic acids is 1. The van der Waals surface area contributed by atoms with E-state index in [0.717, 1.165) is 10.4 Å². The first-order valence-electron chi connectivity index (χ1n) is 6.91. The van der Waals surface area contributed by atoms with E-state index in [1.807, 2.05) is 30.3 Å². The Hall–Kier alpha value is -2.37. The van der Waals surface area contributed by atoms with E-state index in [9.17, 15) is 4.79 Å². The van der Waals surface area contributed by atoms with Crippen LogP contribution in [0.5, 0.6) is 5.75 Å². The number of rotatable bonds is 5. The highest BCUT2D eigenvalue weighted by molar-refractivity contribution is 7.19. The largest absolute Gasteiger partial charge is 0.482 e. The number of nitrogens with one attached hydrogen (secondary N) is 1. The van der Waals surface area contributed by atoms with Gasteiger partial charge in [0.2, 0.25) is 0 Å². The monoisotopic (exact) mass is 344 g/mol. The van der Waals surface area contributed by atoms with Gasteiger partial charge in [-0.2, -0.15) is 0 Å². The average Bonchev–Trinajstić information content (AvgIpc) is 3.03. The first-order valence-corrected chi connectivity index (χ1v) is 8.10. The quantitative estimate of drug-likeness (QED) is 0.742. The van der Waals surface area contributed by atoms with Gasteiger partial charge in [-0.05, 0) is 17.7 Å². The lowest BCUT2D eigenvalue weighted by atomic mass is 10.2. The van der Waals surface area contributed by atoms with Gasteiger partial charge in [0.25, 0.3) is 5.91 Å². The van der Waals surface area contributed by atoms with Crippen LogP contribution in [0.15, 0.2) is 60.8 Å². The lowest BCUT2D eigenvalue weighted by Gasteiger charge is -2.06. The second-order valence-electron chi connectivity index (χ2n) is 4.66. The molecule has 6 heteroatoms. The number of hydrogen-bond acceptors (Lipinski definition) is 4. The average molecular weight is 345 g/mol. The van der Waals surface area contributed by atoms with Crippen LogP contribution < -0.4 is 10.1 Å². The maximum Gasteiger partial charge on any atom is 0.264 e. The predicted molar refractivity (Wildman–Crippen MR) is 93.1 cm³/mol. The molecule has 0 aliphatic heterocycles. The van der Waals surface area contributed by atoms with Crippen molar-refractivity contribution in [3.63, 3.8) is 0 Å². The van der Waals surface area contributed by atoms with E-state index in [2.05, 4.69) is 10.3 Å². The molecule has 0 unspecified atom stereocenters. The third-order valence-electron chi connectivity index (χ3n) is 3.01.